The molecule has 1 saturated heterocycles. The Morgan fingerprint density at radius 3 is 2.19 bits per heavy atom. The van der Waals surface area contributed by atoms with E-state index in [9.17, 15) is 14.4 Å². The molecule has 0 aromatic carbocycles. The van der Waals surface area contributed by atoms with Crippen molar-refractivity contribution in [2.45, 2.75) is 64.3 Å². The van der Waals surface area contributed by atoms with Gasteiger partial charge in [-0.1, -0.05) is 32.3 Å². The van der Waals surface area contributed by atoms with Crippen LogP contribution in [0.2, 0.25) is 0 Å². The van der Waals surface area contributed by atoms with Gasteiger partial charge in [0.25, 0.3) is 0 Å². The third-order valence-electron chi connectivity index (χ3n) is 3.76. The van der Waals surface area contributed by atoms with Crippen LogP contribution in [0.25, 0.3) is 0 Å². The fourth-order valence-corrected chi connectivity index (χ4v) is 2.58. The topological polar surface area (TPSA) is 74.7 Å². The largest absolute Gasteiger partial charge is 0.396 e. The van der Waals surface area contributed by atoms with Crippen molar-refractivity contribution >= 4 is 17.6 Å². The summed E-state index contributed by atoms with van der Waals surface area (Å²) in [7, 11) is 0. The zero-order valence-corrected chi connectivity index (χ0v) is 12.8. The summed E-state index contributed by atoms with van der Waals surface area (Å²) in [5, 5.41) is 8.71. The summed E-state index contributed by atoms with van der Waals surface area (Å²) in [5.41, 5.74) is 0.382. The van der Waals surface area contributed by atoms with E-state index in [4.69, 9.17) is 5.11 Å². The van der Waals surface area contributed by atoms with E-state index in [1.165, 1.54) is 0 Å². The van der Waals surface area contributed by atoms with Crippen molar-refractivity contribution < 1.29 is 19.5 Å². The molecule has 1 aliphatic rings. The van der Waals surface area contributed by atoms with Crippen LogP contribution in [0.15, 0.2) is 12.2 Å². The van der Waals surface area contributed by atoms with Gasteiger partial charge in [-0.3, -0.25) is 19.3 Å². The number of ketones is 1. The van der Waals surface area contributed by atoms with E-state index < -0.39 is 6.04 Å². The fraction of sp³-hybridized carbons (Fsp3) is 0.688. The van der Waals surface area contributed by atoms with E-state index in [1.54, 1.807) is 6.92 Å². The molecule has 5 nitrogen and oxygen atoms in total. The number of likely N-dealkylation sites (tertiary alicyclic amines) is 1. The van der Waals surface area contributed by atoms with Gasteiger partial charge in [-0.15, -0.1) is 0 Å². The second kappa shape index (κ2) is 8.72. The van der Waals surface area contributed by atoms with E-state index in [-0.39, 0.29) is 37.0 Å². The lowest BCUT2D eigenvalue weighted by Gasteiger charge is -2.25. The Kier molecular flexibility index (Phi) is 7.29. The predicted molar refractivity (Wildman–Crippen MR) is 79.5 cm³/mol. The fourth-order valence-electron chi connectivity index (χ4n) is 2.58. The van der Waals surface area contributed by atoms with Crippen LogP contribution in [-0.2, 0) is 14.4 Å². The maximum absolute atomic E-state index is 12.2. The number of nitrogens with zero attached hydrogens (tertiary/aromatic N) is 1. The molecule has 1 atom stereocenters. The average molecular weight is 295 g/mol. The highest BCUT2D eigenvalue weighted by Gasteiger charge is 2.38. The number of rotatable bonds is 10. The lowest BCUT2D eigenvalue weighted by Crippen LogP contribution is -2.44. The van der Waals surface area contributed by atoms with Crippen LogP contribution in [0, 0.1) is 0 Å². The number of aliphatic hydroxyl groups excluding tert-OH is 1. The minimum absolute atomic E-state index is 0.202. The Hall–Kier alpha value is -1.49. The molecule has 1 unspecified atom stereocenters. The molecule has 1 fully saturated rings. The van der Waals surface area contributed by atoms with Gasteiger partial charge in [0.05, 0.1) is 0 Å². The summed E-state index contributed by atoms with van der Waals surface area (Å²) in [5.74, 6) is -0.714. The molecule has 1 rings (SSSR count). The van der Waals surface area contributed by atoms with Gasteiger partial charge >= 0.3 is 0 Å². The highest BCUT2D eigenvalue weighted by atomic mass is 16.3. The molecule has 0 saturated carbocycles. The summed E-state index contributed by atoms with van der Waals surface area (Å²) in [6.45, 7) is 5.45. The van der Waals surface area contributed by atoms with E-state index in [0.29, 0.717) is 12.0 Å². The standard InChI is InChI=1S/C16H25NO4/c1-12(2)16(21)13(8-6-4-3-5-7-11-18)17-14(19)9-10-15(17)20/h13,18H,1,3-11H2,2H3. The maximum atomic E-state index is 12.2. The number of carbonyl (C=O) groups is 3. The summed E-state index contributed by atoms with van der Waals surface area (Å²) >= 11 is 0. The Morgan fingerprint density at radius 1 is 1.14 bits per heavy atom. The van der Waals surface area contributed by atoms with Crippen molar-refractivity contribution in [1.29, 1.82) is 0 Å². The van der Waals surface area contributed by atoms with E-state index in [1.807, 2.05) is 0 Å². The lowest BCUT2D eigenvalue weighted by molar-refractivity contribution is -0.145. The summed E-state index contributed by atoms with van der Waals surface area (Å²) in [6.07, 6.45) is 5.35. The number of unbranched alkanes of at least 4 members (excludes halogenated alkanes) is 4. The Balaban J connectivity index is 2.57. The molecule has 1 N–H and O–H groups in total. The highest BCUT2D eigenvalue weighted by molar-refractivity contribution is 6.09. The smallest absolute Gasteiger partial charge is 0.230 e. The number of amides is 2. The van der Waals surface area contributed by atoms with Gasteiger partial charge in [-0.05, 0) is 25.3 Å². The number of hydrogen-bond donors (Lipinski definition) is 1. The predicted octanol–water partition coefficient (Wildman–Crippen LogP) is 1.98. The van der Waals surface area contributed by atoms with Gasteiger partial charge in [0.1, 0.15) is 6.04 Å². The molecule has 21 heavy (non-hydrogen) atoms. The van der Waals surface area contributed by atoms with Gasteiger partial charge < -0.3 is 5.11 Å². The van der Waals surface area contributed by atoms with Crippen molar-refractivity contribution in [3.63, 3.8) is 0 Å². The molecule has 0 aromatic rings. The number of aliphatic hydroxyl groups is 1. The second-order valence-corrected chi connectivity index (χ2v) is 5.60. The summed E-state index contributed by atoms with van der Waals surface area (Å²) in [4.78, 5) is 37.0. The molecule has 0 radical (unpaired) electrons. The van der Waals surface area contributed by atoms with Gasteiger partial charge in [0.15, 0.2) is 5.78 Å². The van der Waals surface area contributed by atoms with Crippen molar-refractivity contribution in [2.75, 3.05) is 6.61 Å². The number of hydrogen-bond acceptors (Lipinski definition) is 4. The molecule has 0 spiro atoms. The molecule has 5 heteroatoms. The molecule has 2 amide bonds. The third-order valence-corrected chi connectivity index (χ3v) is 3.76. The van der Waals surface area contributed by atoms with Crippen molar-refractivity contribution in [1.82, 2.24) is 4.90 Å². The minimum atomic E-state index is -0.678. The first-order valence-electron chi connectivity index (χ1n) is 7.64. The van der Waals surface area contributed by atoms with Gasteiger partial charge in [-0.25, -0.2) is 0 Å². The second-order valence-electron chi connectivity index (χ2n) is 5.60. The Labute approximate surface area is 126 Å². The molecule has 0 aliphatic carbocycles. The number of imide groups is 1. The van der Waals surface area contributed by atoms with Gasteiger partial charge in [-0.2, -0.15) is 0 Å². The maximum Gasteiger partial charge on any atom is 0.230 e. The van der Waals surface area contributed by atoms with Crippen LogP contribution >= 0.6 is 0 Å². The molecule has 1 aliphatic heterocycles. The minimum Gasteiger partial charge on any atom is -0.396 e. The zero-order valence-electron chi connectivity index (χ0n) is 12.8. The number of Topliss-reactive ketones (excluding diaryl/α,β-unsaturated/α-hetero) is 1. The third kappa shape index (κ3) is 5.08. The van der Waals surface area contributed by atoms with Crippen LogP contribution in [-0.4, -0.2) is 40.3 Å². The van der Waals surface area contributed by atoms with E-state index in [0.717, 1.165) is 37.0 Å². The van der Waals surface area contributed by atoms with Crippen LogP contribution in [0.1, 0.15) is 58.3 Å². The van der Waals surface area contributed by atoms with Crippen molar-refractivity contribution in [3.05, 3.63) is 12.2 Å². The van der Waals surface area contributed by atoms with E-state index in [2.05, 4.69) is 6.58 Å². The molecular formula is C16H25NO4. The number of carbonyl (C=O) groups excluding carboxylic acids is 3. The molecule has 1 heterocycles. The molecular weight excluding hydrogens is 270 g/mol. The normalized spacial score (nSPS) is 16.4. The first-order valence-corrected chi connectivity index (χ1v) is 7.64. The van der Waals surface area contributed by atoms with Crippen molar-refractivity contribution in [2.24, 2.45) is 0 Å². The molecule has 0 aromatic heterocycles. The first kappa shape index (κ1) is 17.6. The molecule has 0 bridgehead atoms. The summed E-state index contributed by atoms with van der Waals surface area (Å²) < 4.78 is 0. The zero-order chi connectivity index (χ0) is 15.8. The van der Waals surface area contributed by atoms with Crippen molar-refractivity contribution in [3.8, 4) is 0 Å². The van der Waals surface area contributed by atoms with Crippen LogP contribution < -0.4 is 0 Å². The SMILES string of the molecule is C=C(C)C(=O)C(CCCCCCCO)N1C(=O)CCC1=O. The van der Waals surface area contributed by atoms with Gasteiger partial charge in [0.2, 0.25) is 11.8 Å². The Morgan fingerprint density at radius 2 is 1.67 bits per heavy atom. The van der Waals surface area contributed by atoms with Crippen LogP contribution in [0.4, 0.5) is 0 Å². The van der Waals surface area contributed by atoms with Crippen LogP contribution in [0.5, 0.6) is 0 Å². The van der Waals surface area contributed by atoms with E-state index >= 15 is 0 Å². The Bertz CT molecular complexity index is 401. The highest BCUT2D eigenvalue weighted by Crippen LogP contribution is 2.22. The summed E-state index contributed by atoms with van der Waals surface area (Å²) in [6, 6.07) is -0.678. The van der Waals surface area contributed by atoms with Gasteiger partial charge in [0, 0.05) is 19.4 Å². The average Bonchev–Trinajstić information content (AvgIpc) is 2.77. The monoisotopic (exact) mass is 295 g/mol. The lowest BCUT2D eigenvalue weighted by atomic mass is 9.98. The quantitative estimate of drug-likeness (QED) is 0.380. The first-order chi connectivity index (χ1) is 9.99. The van der Waals surface area contributed by atoms with Crippen LogP contribution in [0.3, 0.4) is 0 Å². The molecule has 118 valence electrons.